The Hall–Kier alpha value is -1.43. The first-order valence-corrected chi connectivity index (χ1v) is 5.59. The average Bonchev–Trinajstić information content (AvgIpc) is 2.86. The molecule has 2 aromatic heterocycles. The van der Waals surface area contributed by atoms with E-state index >= 15 is 0 Å². The zero-order valence-corrected chi connectivity index (χ0v) is 9.72. The molecule has 0 radical (unpaired) electrons. The van der Waals surface area contributed by atoms with E-state index in [1.807, 2.05) is 13.1 Å². The van der Waals surface area contributed by atoms with Crippen LogP contribution in [-0.4, -0.2) is 27.4 Å². The Kier molecular flexibility index (Phi) is 2.68. The second kappa shape index (κ2) is 3.98. The maximum absolute atomic E-state index is 4.21. The van der Waals surface area contributed by atoms with Gasteiger partial charge in [-0.05, 0) is 12.0 Å². The number of hydrogen-bond acceptors (Lipinski definition) is 5. The predicted octanol–water partition coefficient (Wildman–Crippen LogP) is 2.09. The van der Waals surface area contributed by atoms with Crippen molar-refractivity contribution in [1.29, 1.82) is 0 Å². The Bertz CT molecular complexity index is 445. The number of hydrogen-bond donors (Lipinski definition) is 2. The molecule has 2 heterocycles. The number of aromatic amines is 1. The van der Waals surface area contributed by atoms with Crippen molar-refractivity contribution in [2.45, 2.75) is 19.8 Å². The number of nitrogens with zero attached hydrogens (tertiary/aromatic N) is 3. The summed E-state index contributed by atoms with van der Waals surface area (Å²) in [6.07, 6.45) is 0. The van der Waals surface area contributed by atoms with Gasteiger partial charge in [-0.2, -0.15) is 5.10 Å². The molecule has 0 amide bonds. The van der Waals surface area contributed by atoms with E-state index in [9.17, 15) is 0 Å². The van der Waals surface area contributed by atoms with Crippen LogP contribution in [0.15, 0.2) is 6.07 Å². The predicted molar refractivity (Wildman–Crippen MR) is 61.1 cm³/mol. The highest BCUT2D eigenvalue weighted by atomic mass is 32.1. The van der Waals surface area contributed by atoms with Crippen molar-refractivity contribution in [3.63, 3.8) is 0 Å². The van der Waals surface area contributed by atoms with Gasteiger partial charge < -0.3 is 5.32 Å². The minimum atomic E-state index is 0.447. The number of anilines is 1. The Labute approximate surface area is 91.9 Å². The molecule has 0 aliphatic rings. The molecule has 0 spiro atoms. The minimum Gasteiger partial charge on any atom is -0.363 e. The molecule has 80 valence electrons. The van der Waals surface area contributed by atoms with Crippen molar-refractivity contribution < 1.29 is 0 Å². The van der Waals surface area contributed by atoms with Crippen LogP contribution < -0.4 is 5.32 Å². The molecule has 5 nitrogen and oxygen atoms in total. The van der Waals surface area contributed by atoms with Crippen molar-refractivity contribution in [3.8, 4) is 10.7 Å². The summed E-state index contributed by atoms with van der Waals surface area (Å²) in [5.41, 5.74) is 1.98. The molecule has 15 heavy (non-hydrogen) atoms. The molecule has 0 saturated heterocycles. The molecule has 0 aliphatic carbocycles. The lowest BCUT2D eigenvalue weighted by molar-refractivity contribution is 0.811. The van der Waals surface area contributed by atoms with Crippen molar-refractivity contribution in [2.75, 3.05) is 12.4 Å². The van der Waals surface area contributed by atoms with Gasteiger partial charge in [0.05, 0.1) is 0 Å². The van der Waals surface area contributed by atoms with Gasteiger partial charge >= 0.3 is 0 Å². The van der Waals surface area contributed by atoms with Crippen LogP contribution in [0.1, 0.15) is 25.5 Å². The second-order valence-electron chi connectivity index (χ2n) is 3.53. The van der Waals surface area contributed by atoms with Gasteiger partial charge in [0.25, 0.3) is 0 Å². The molecule has 0 unspecified atom stereocenters. The van der Waals surface area contributed by atoms with Crippen LogP contribution in [-0.2, 0) is 0 Å². The van der Waals surface area contributed by atoms with Crippen LogP contribution in [0.25, 0.3) is 10.7 Å². The van der Waals surface area contributed by atoms with Crippen LogP contribution in [0, 0.1) is 0 Å². The van der Waals surface area contributed by atoms with Crippen molar-refractivity contribution >= 4 is 16.5 Å². The highest BCUT2D eigenvalue weighted by Crippen LogP contribution is 2.26. The van der Waals surface area contributed by atoms with Crippen LogP contribution in [0.5, 0.6) is 0 Å². The van der Waals surface area contributed by atoms with Crippen LogP contribution in [0.3, 0.4) is 0 Å². The van der Waals surface area contributed by atoms with Gasteiger partial charge in [0.15, 0.2) is 5.01 Å². The van der Waals surface area contributed by atoms with E-state index in [4.69, 9.17) is 0 Å². The van der Waals surface area contributed by atoms with Gasteiger partial charge in [-0.1, -0.05) is 25.2 Å². The summed E-state index contributed by atoms with van der Waals surface area (Å²) in [5.74, 6) is 0.447. The van der Waals surface area contributed by atoms with Gasteiger partial charge in [0.1, 0.15) is 5.69 Å². The van der Waals surface area contributed by atoms with Crippen LogP contribution in [0.4, 0.5) is 5.13 Å². The van der Waals surface area contributed by atoms with Gasteiger partial charge in [-0.15, -0.1) is 10.2 Å². The van der Waals surface area contributed by atoms with Gasteiger partial charge in [0.2, 0.25) is 5.13 Å². The number of H-pyrrole nitrogens is 1. The molecule has 0 fully saturated rings. The van der Waals surface area contributed by atoms with Crippen molar-refractivity contribution in [2.24, 2.45) is 0 Å². The largest absolute Gasteiger partial charge is 0.363 e. The Balaban J connectivity index is 2.28. The Morgan fingerprint density at radius 3 is 2.73 bits per heavy atom. The van der Waals surface area contributed by atoms with Crippen LogP contribution >= 0.6 is 11.3 Å². The third kappa shape index (κ3) is 1.99. The van der Waals surface area contributed by atoms with E-state index in [0.29, 0.717) is 5.92 Å². The van der Waals surface area contributed by atoms with Gasteiger partial charge in [-0.25, -0.2) is 0 Å². The average molecular weight is 223 g/mol. The highest BCUT2D eigenvalue weighted by Gasteiger charge is 2.10. The lowest BCUT2D eigenvalue weighted by atomic mass is 10.1. The maximum atomic E-state index is 4.21. The summed E-state index contributed by atoms with van der Waals surface area (Å²) in [6, 6.07) is 2.02. The second-order valence-corrected chi connectivity index (χ2v) is 4.50. The van der Waals surface area contributed by atoms with Gasteiger partial charge in [-0.3, -0.25) is 5.10 Å². The van der Waals surface area contributed by atoms with E-state index in [0.717, 1.165) is 21.5 Å². The topological polar surface area (TPSA) is 66.5 Å². The van der Waals surface area contributed by atoms with Crippen molar-refractivity contribution in [3.05, 3.63) is 11.8 Å². The molecule has 0 aromatic carbocycles. The van der Waals surface area contributed by atoms with E-state index < -0.39 is 0 Å². The number of nitrogens with one attached hydrogen (secondary N) is 2. The summed E-state index contributed by atoms with van der Waals surface area (Å²) >= 11 is 1.50. The van der Waals surface area contributed by atoms with Crippen molar-refractivity contribution in [1.82, 2.24) is 20.4 Å². The first kappa shape index (κ1) is 10.1. The quantitative estimate of drug-likeness (QED) is 0.836. The Morgan fingerprint density at radius 2 is 2.20 bits per heavy atom. The summed E-state index contributed by atoms with van der Waals surface area (Å²) < 4.78 is 0. The zero-order valence-electron chi connectivity index (χ0n) is 8.90. The molecular weight excluding hydrogens is 210 g/mol. The lowest BCUT2D eigenvalue weighted by Crippen LogP contribution is -1.85. The maximum Gasteiger partial charge on any atom is 0.205 e. The Morgan fingerprint density at radius 1 is 1.40 bits per heavy atom. The minimum absolute atomic E-state index is 0.447. The van der Waals surface area contributed by atoms with E-state index in [-0.39, 0.29) is 0 Å². The molecule has 0 atom stereocenters. The lowest BCUT2D eigenvalue weighted by Gasteiger charge is -1.95. The molecule has 2 rings (SSSR count). The summed E-state index contributed by atoms with van der Waals surface area (Å²) in [7, 11) is 1.83. The SMILES string of the molecule is CNc1nnc(-c2cc(C(C)C)[nH]n2)s1. The third-order valence-corrected chi connectivity index (χ3v) is 3.04. The fourth-order valence-corrected chi connectivity index (χ4v) is 1.83. The first-order chi connectivity index (χ1) is 7.20. The highest BCUT2D eigenvalue weighted by molar-refractivity contribution is 7.18. The molecule has 0 bridgehead atoms. The standard InChI is InChI=1S/C9H13N5S/c1-5(2)6-4-7(12-11-6)8-13-14-9(10-3)15-8/h4-5H,1-3H3,(H,10,14)(H,11,12). The molecule has 2 N–H and O–H groups in total. The monoisotopic (exact) mass is 223 g/mol. The van der Waals surface area contributed by atoms with Gasteiger partial charge in [0, 0.05) is 12.7 Å². The zero-order chi connectivity index (χ0) is 10.8. The van der Waals surface area contributed by atoms with E-state index in [1.165, 1.54) is 11.3 Å². The smallest absolute Gasteiger partial charge is 0.205 e. The summed E-state index contributed by atoms with van der Waals surface area (Å²) in [4.78, 5) is 0. The fourth-order valence-electron chi connectivity index (χ4n) is 1.17. The summed E-state index contributed by atoms with van der Waals surface area (Å²) in [5, 5.41) is 19.8. The fraction of sp³-hybridized carbons (Fsp3) is 0.444. The van der Waals surface area contributed by atoms with E-state index in [1.54, 1.807) is 0 Å². The van der Waals surface area contributed by atoms with Crippen LogP contribution in [0.2, 0.25) is 0 Å². The number of rotatable bonds is 3. The van der Waals surface area contributed by atoms with E-state index in [2.05, 4.69) is 39.6 Å². The molecular formula is C9H13N5S. The normalized spacial score (nSPS) is 10.9. The molecule has 6 heteroatoms. The molecule has 2 aromatic rings. The summed E-state index contributed by atoms with van der Waals surface area (Å²) in [6.45, 7) is 4.24. The number of aromatic nitrogens is 4. The molecule has 0 aliphatic heterocycles. The first-order valence-electron chi connectivity index (χ1n) is 4.77. The third-order valence-electron chi connectivity index (χ3n) is 2.08. The molecule has 0 saturated carbocycles.